The second kappa shape index (κ2) is 8.68. The van der Waals surface area contributed by atoms with Crippen LogP contribution in [0.1, 0.15) is 5.56 Å². The Bertz CT molecular complexity index is 1330. The Hall–Kier alpha value is -3.91. The molecule has 162 valence electrons. The average molecular weight is 454 g/mol. The summed E-state index contributed by atoms with van der Waals surface area (Å²) in [7, 11) is 1.28. The number of methoxy groups -OCH3 is 1. The number of ether oxygens (including phenoxy) is 2. The van der Waals surface area contributed by atoms with Crippen molar-refractivity contribution in [1.82, 2.24) is 0 Å². The molecule has 0 bridgehead atoms. The molecule has 0 aliphatic carbocycles. The van der Waals surface area contributed by atoms with Crippen molar-refractivity contribution in [2.24, 2.45) is 0 Å². The molecule has 1 aromatic heterocycles. The van der Waals surface area contributed by atoms with Crippen LogP contribution in [0.15, 0.2) is 60.7 Å². The molecule has 5 nitrogen and oxygen atoms in total. The topological polar surface area (TPSA) is 76.0 Å². The minimum atomic E-state index is -1.10. The van der Waals surface area contributed by atoms with Gasteiger partial charge in [0.2, 0.25) is 0 Å². The third-order valence-electron chi connectivity index (χ3n) is 4.65. The standard InChI is InChI=1S/C24H16F2O5S/c1-30-19(28)11-4-13-2-9-16(10-3-13)31-22-17-12-18(25)21(29)20(26)24(17)32-23(22)14-5-7-15(27)8-6-14/h2-12,27,29H,1H3/b11-4+. The van der Waals surface area contributed by atoms with Gasteiger partial charge in [-0.2, -0.15) is 0 Å². The number of esters is 1. The number of fused-ring (bicyclic) bond motifs is 1. The van der Waals surface area contributed by atoms with Crippen molar-refractivity contribution in [3.8, 4) is 33.4 Å². The van der Waals surface area contributed by atoms with E-state index in [1.54, 1.807) is 42.5 Å². The van der Waals surface area contributed by atoms with Gasteiger partial charge in [-0.05, 0) is 59.7 Å². The number of hydrogen-bond donors (Lipinski definition) is 2. The number of phenols is 2. The Labute approximate surface area is 185 Å². The third kappa shape index (κ3) is 4.13. The Balaban J connectivity index is 1.78. The predicted molar refractivity (Wildman–Crippen MR) is 118 cm³/mol. The van der Waals surface area contributed by atoms with Crippen LogP contribution in [0.3, 0.4) is 0 Å². The average Bonchev–Trinajstić information content (AvgIpc) is 3.15. The van der Waals surface area contributed by atoms with Gasteiger partial charge in [-0.3, -0.25) is 0 Å². The highest BCUT2D eigenvalue weighted by atomic mass is 32.1. The summed E-state index contributed by atoms with van der Waals surface area (Å²) in [4.78, 5) is 11.7. The molecule has 0 radical (unpaired) electrons. The first-order chi connectivity index (χ1) is 15.4. The molecule has 0 aliphatic rings. The van der Waals surface area contributed by atoms with E-state index in [1.165, 1.54) is 25.3 Å². The number of benzene rings is 3. The molecular weight excluding hydrogens is 438 g/mol. The molecule has 0 aliphatic heterocycles. The highest BCUT2D eigenvalue weighted by Gasteiger charge is 2.23. The SMILES string of the molecule is COC(=O)/C=C/c1ccc(Oc2c(-c3ccc(O)cc3)sc3c(F)c(O)c(F)cc23)cc1. The van der Waals surface area contributed by atoms with Crippen LogP contribution >= 0.6 is 11.3 Å². The molecule has 0 fully saturated rings. The van der Waals surface area contributed by atoms with Gasteiger partial charge in [0.15, 0.2) is 23.1 Å². The van der Waals surface area contributed by atoms with E-state index in [2.05, 4.69) is 4.74 Å². The number of rotatable bonds is 5. The highest BCUT2D eigenvalue weighted by Crippen LogP contribution is 2.49. The monoisotopic (exact) mass is 454 g/mol. The number of hydrogen-bond acceptors (Lipinski definition) is 6. The van der Waals surface area contributed by atoms with E-state index in [-0.39, 0.29) is 21.6 Å². The fourth-order valence-electron chi connectivity index (χ4n) is 3.03. The lowest BCUT2D eigenvalue weighted by molar-refractivity contribution is -0.134. The van der Waals surface area contributed by atoms with Crippen molar-refractivity contribution in [1.29, 1.82) is 0 Å². The molecule has 0 saturated heterocycles. The van der Waals surface area contributed by atoms with E-state index in [0.29, 0.717) is 16.2 Å². The Morgan fingerprint density at radius 1 is 1.03 bits per heavy atom. The maximum absolute atomic E-state index is 14.6. The molecule has 0 unspecified atom stereocenters. The third-order valence-corrected chi connectivity index (χ3v) is 5.88. The smallest absolute Gasteiger partial charge is 0.330 e. The summed E-state index contributed by atoms with van der Waals surface area (Å²) in [5, 5.41) is 19.4. The zero-order valence-corrected chi connectivity index (χ0v) is 17.5. The van der Waals surface area contributed by atoms with Crippen LogP contribution in [0.5, 0.6) is 23.0 Å². The van der Waals surface area contributed by atoms with Crippen LogP contribution in [-0.4, -0.2) is 23.3 Å². The Morgan fingerprint density at radius 2 is 1.72 bits per heavy atom. The maximum atomic E-state index is 14.6. The van der Waals surface area contributed by atoms with Gasteiger partial charge in [0.1, 0.15) is 11.5 Å². The van der Waals surface area contributed by atoms with Crippen LogP contribution in [-0.2, 0) is 9.53 Å². The van der Waals surface area contributed by atoms with E-state index in [1.807, 2.05) is 0 Å². The lowest BCUT2D eigenvalue weighted by Gasteiger charge is -2.09. The van der Waals surface area contributed by atoms with Crippen molar-refractivity contribution in [2.45, 2.75) is 0 Å². The Kier molecular flexibility index (Phi) is 5.79. The fourth-order valence-corrected chi connectivity index (χ4v) is 4.18. The summed E-state index contributed by atoms with van der Waals surface area (Å²) < 4.78 is 39.3. The number of carbonyl (C=O) groups is 1. The molecule has 3 aromatic carbocycles. The zero-order valence-electron chi connectivity index (χ0n) is 16.6. The van der Waals surface area contributed by atoms with Gasteiger partial charge in [0, 0.05) is 11.5 Å². The molecule has 0 atom stereocenters. The van der Waals surface area contributed by atoms with Crippen molar-refractivity contribution in [3.05, 3.63) is 77.9 Å². The summed E-state index contributed by atoms with van der Waals surface area (Å²) in [5.41, 5.74) is 1.34. The molecule has 0 amide bonds. The van der Waals surface area contributed by atoms with Gasteiger partial charge in [0.05, 0.1) is 16.7 Å². The molecule has 2 N–H and O–H groups in total. The first-order valence-electron chi connectivity index (χ1n) is 9.34. The molecule has 32 heavy (non-hydrogen) atoms. The summed E-state index contributed by atoms with van der Waals surface area (Å²) in [5.74, 6) is -3.03. The number of thiophene rings is 1. The minimum absolute atomic E-state index is 0.0413. The lowest BCUT2D eigenvalue weighted by atomic mass is 10.1. The van der Waals surface area contributed by atoms with Crippen molar-refractivity contribution in [3.63, 3.8) is 0 Å². The van der Waals surface area contributed by atoms with Crippen molar-refractivity contribution < 1.29 is 33.3 Å². The van der Waals surface area contributed by atoms with Crippen LogP contribution < -0.4 is 4.74 Å². The summed E-state index contributed by atoms with van der Waals surface area (Å²) >= 11 is 0.998. The lowest BCUT2D eigenvalue weighted by Crippen LogP contribution is -1.93. The van der Waals surface area contributed by atoms with Crippen LogP contribution in [0.25, 0.3) is 26.6 Å². The van der Waals surface area contributed by atoms with Gasteiger partial charge in [-0.1, -0.05) is 12.1 Å². The van der Waals surface area contributed by atoms with Gasteiger partial charge < -0.3 is 19.7 Å². The largest absolute Gasteiger partial charge is 0.508 e. The molecule has 0 saturated carbocycles. The maximum Gasteiger partial charge on any atom is 0.330 e. The molecular formula is C24H16F2O5S. The van der Waals surface area contributed by atoms with E-state index in [0.717, 1.165) is 23.0 Å². The van der Waals surface area contributed by atoms with Gasteiger partial charge in [0.25, 0.3) is 0 Å². The van der Waals surface area contributed by atoms with Crippen LogP contribution in [0, 0.1) is 11.6 Å². The van der Waals surface area contributed by atoms with Gasteiger partial charge in [-0.15, -0.1) is 11.3 Å². The number of aromatic hydroxyl groups is 2. The first-order valence-corrected chi connectivity index (χ1v) is 10.2. The zero-order chi connectivity index (χ0) is 22.8. The molecule has 1 heterocycles. The summed E-state index contributed by atoms with van der Waals surface area (Å²) in [6.45, 7) is 0. The number of phenolic OH excluding ortho intramolecular Hbond substituents is 2. The van der Waals surface area contributed by atoms with E-state index in [4.69, 9.17) is 4.74 Å². The Morgan fingerprint density at radius 3 is 2.38 bits per heavy atom. The van der Waals surface area contributed by atoms with Crippen LogP contribution in [0.2, 0.25) is 0 Å². The fraction of sp³-hybridized carbons (Fsp3) is 0.0417. The quantitative estimate of drug-likeness (QED) is 0.276. The predicted octanol–water partition coefficient (Wildman–Crippen LogP) is 6.24. The highest BCUT2D eigenvalue weighted by molar-refractivity contribution is 7.22. The summed E-state index contributed by atoms with van der Waals surface area (Å²) in [6.07, 6.45) is 2.86. The summed E-state index contributed by atoms with van der Waals surface area (Å²) in [6, 6.07) is 13.9. The number of halogens is 2. The molecule has 4 aromatic rings. The molecule has 0 spiro atoms. The van der Waals surface area contributed by atoms with Crippen LogP contribution in [0.4, 0.5) is 8.78 Å². The second-order valence-electron chi connectivity index (χ2n) is 6.73. The second-order valence-corrected chi connectivity index (χ2v) is 7.75. The molecule has 8 heteroatoms. The number of carbonyl (C=O) groups excluding carboxylic acids is 1. The van der Waals surface area contributed by atoms with E-state index in [9.17, 15) is 23.8 Å². The van der Waals surface area contributed by atoms with E-state index < -0.39 is 23.4 Å². The molecule has 4 rings (SSSR count). The van der Waals surface area contributed by atoms with Crippen molar-refractivity contribution in [2.75, 3.05) is 7.11 Å². The normalized spacial score (nSPS) is 11.2. The first kappa shape index (κ1) is 21.3. The van der Waals surface area contributed by atoms with Gasteiger partial charge >= 0.3 is 5.97 Å². The van der Waals surface area contributed by atoms with Crippen molar-refractivity contribution >= 4 is 33.5 Å². The minimum Gasteiger partial charge on any atom is -0.508 e. The van der Waals surface area contributed by atoms with Gasteiger partial charge in [-0.25, -0.2) is 13.6 Å². The van der Waals surface area contributed by atoms with E-state index >= 15 is 0 Å².